The van der Waals surface area contributed by atoms with Crippen LogP contribution in [0.15, 0.2) is 41.8 Å². The van der Waals surface area contributed by atoms with Crippen LogP contribution in [0.1, 0.15) is 16.5 Å². The van der Waals surface area contributed by atoms with Gasteiger partial charge < -0.3 is 10.2 Å². The van der Waals surface area contributed by atoms with Crippen molar-refractivity contribution >= 4 is 22.9 Å². The Balaban J connectivity index is 1.90. The summed E-state index contributed by atoms with van der Waals surface area (Å²) in [7, 11) is 3.96. The molecule has 0 aliphatic heterocycles. The summed E-state index contributed by atoms with van der Waals surface area (Å²) in [6.07, 6.45) is 0.211. The minimum atomic E-state index is -0.452. The van der Waals surface area contributed by atoms with Crippen LogP contribution in [-0.2, 0) is 11.2 Å². The number of hydrogen-bond acceptors (Lipinski definition) is 5. The average Bonchev–Trinajstić information content (AvgIpc) is 3.01. The number of thiophene rings is 1. The quantitative estimate of drug-likeness (QED) is 0.624. The fraction of sp³-hybridized carbons (Fsp3) is 0.312. The second-order valence-corrected chi connectivity index (χ2v) is 6.38. The summed E-state index contributed by atoms with van der Waals surface area (Å²) in [4.78, 5) is 25.5. The van der Waals surface area contributed by atoms with E-state index in [4.69, 9.17) is 0 Å². The zero-order chi connectivity index (χ0) is 16.8. The van der Waals surface area contributed by atoms with Crippen molar-refractivity contribution in [3.63, 3.8) is 0 Å². The summed E-state index contributed by atoms with van der Waals surface area (Å²) in [6, 6.07) is 10.2. The first kappa shape index (κ1) is 17.1. The SMILES string of the molecule is CN(C)[C@@H](CNC(=O)Cc1ccc([N+](=O)[O-])cc1)c1cccs1. The van der Waals surface area contributed by atoms with Crippen LogP contribution in [0.5, 0.6) is 0 Å². The molecule has 1 atom stereocenters. The van der Waals surface area contributed by atoms with Gasteiger partial charge in [-0.3, -0.25) is 14.9 Å². The second-order valence-electron chi connectivity index (χ2n) is 5.40. The Morgan fingerprint density at radius 3 is 2.52 bits per heavy atom. The van der Waals surface area contributed by atoms with Gasteiger partial charge in [-0.25, -0.2) is 0 Å². The number of rotatable bonds is 7. The number of amides is 1. The summed E-state index contributed by atoms with van der Waals surface area (Å²) in [5.41, 5.74) is 0.783. The minimum Gasteiger partial charge on any atom is -0.354 e. The minimum absolute atomic E-state index is 0.0273. The number of nitro groups is 1. The average molecular weight is 333 g/mol. The molecule has 7 heteroatoms. The molecule has 1 aromatic heterocycles. The van der Waals surface area contributed by atoms with Gasteiger partial charge in [-0.1, -0.05) is 18.2 Å². The van der Waals surface area contributed by atoms with Gasteiger partial charge in [0.05, 0.1) is 17.4 Å². The normalized spacial score (nSPS) is 12.1. The zero-order valence-electron chi connectivity index (χ0n) is 13.1. The van der Waals surface area contributed by atoms with Crippen molar-refractivity contribution in [2.24, 2.45) is 0 Å². The molecule has 0 unspecified atom stereocenters. The first-order chi connectivity index (χ1) is 11.0. The van der Waals surface area contributed by atoms with E-state index in [0.29, 0.717) is 6.54 Å². The van der Waals surface area contributed by atoms with Gasteiger partial charge in [-0.05, 0) is 31.1 Å². The van der Waals surface area contributed by atoms with E-state index in [1.54, 1.807) is 23.5 Å². The van der Waals surface area contributed by atoms with Crippen LogP contribution >= 0.6 is 11.3 Å². The van der Waals surface area contributed by atoms with Crippen molar-refractivity contribution in [3.05, 3.63) is 62.3 Å². The van der Waals surface area contributed by atoms with E-state index in [1.807, 2.05) is 25.5 Å². The molecule has 1 amide bonds. The number of hydrogen-bond donors (Lipinski definition) is 1. The van der Waals surface area contributed by atoms with Crippen LogP contribution in [-0.4, -0.2) is 36.4 Å². The van der Waals surface area contributed by atoms with Gasteiger partial charge in [0.2, 0.25) is 5.91 Å². The van der Waals surface area contributed by atoms with Crippen LogP contribution in [0, 0.1) is 10.1 Å². The maximum Gasteiger partial charge on any atom is 0.269 e. The molecule has 2 rings (SSSR count). The van der Waals surface area contributed by atoms with Crippen molar-refractivity contribution in [1.82, 2.24) is 10.2 Å². The molecule has 0 aliphatic rings. The lowest BCUT2D eigenvalue weighted by Crippen LogP contribution is -2.34. The summed E-state index contributed by atoms with van der Waals surface area (Å²) >= 11 is 1.66. The number of carbonyl (C=O) groups is 1. The molecule has 1 N–H and O–H groups in total. The fourth-order valence-electron chi connectivity index (χ4n) is 2.21. The molecule has 2 aromatic rings. The number of nitro benzene ring substituents is 1. The molecule has 6 nitrogen and oxygen atoms in total. The second kappa shape index (κ2) is 7.85. The number of non-ortho nitro benzene ring substituents is 1. The van der Waals surface area contributed by atoms with Crippen LogP contribution in [0.4, 0.5) is 5.69 Å². The number of nitrogens with one attached hydrogen (secondary N) is 1. The summed E-state index contributed by atoms with van der Waals surface area (Å²) < 4.78 is 0. The van der Waals surface area contributed by atoms with E-state index in [0.717, 1.165) is 5.56 Å². The molecule has 0 aliphatic carbocycles. The highest BCUT2D eigenvalue weighted by Crippen LogP contribution is 2.22. The van der Waals surface area contributed by atoms with E-state index in [2.05, 4.69) is 16.3 Å². The standard InChI is InChI=1S/C16H19N3O3S/c1-18(2)14(15-4-3-9-23-15)11-17-16(20)10-12-5-7-13(8-6-12)19(21)22/h3-9,14H,10-11H2,1-2H3,(H,17,20)/t14-/m0/s1. The molecule has 0 radical (unpaired) electrons. The topological polar surface area (TPSA) is 75.5 Å². The van der Waals surface area contributed by atoms with Gasteiger partial charge in [0, 0.05) is 23.6 Å². The molecule has 1 heterocycles. The zero-order valence-corrected chi connectivity index (χ0v) is 13.9. The highest BCUT2D eigenvalue weighted by atomic mass is 32.1. The Labute approximate surface area is 138 Å². The van der Waals surface area contributed by atoms with Crippen molar-refractivity contribution in [2.45, 2.75) is 12.5 Å². The van der Waals surface area contributed by atoms with Crippen molar-refractivity contribution in [3.8, 4) is 0 Å². The highest BCUT2D eigenvalue weighted by Gasteiger charge is 2.16. The molecule has 0 bridgehead atoms. The Morgan fingerprint density at radius 1 is 1.30 bits per heavy atom. The van der Waals surface area contributed by atoms with E-state index in [9.17, 15) is 14.9 Å². The highest BCUT2D eigenvalue weighted by molar-refractivity contribution is 7.10. The molecule has 0 spiro atoms. The number of nitrogens with zero attached hydrogens (tertiary/aromatic N) is 2. The van der Waals surface area contributed by atoms with Gasteiger partial charge in [-0.2, -0.15) is 0 Å². The number of carbonyl (C=O) groups excluding carboxylic acids is 1. The van der Waals surface area contributed by atoms with Gasteiger partial charge >= 0.3 is 0 Å². The Bertz CT molecular complexity index is 654. The lowest BCUT2D eigenvalue weighted by atomic mass is 10.1. The molecular weight excluding hydrogens is 314 g/mol. The third kappa shape index (κ3) is 4.87. The Hall–Kier alpha value is -2.25. The molecule has 23 heavy (non-hydrogen) atoms. The molecule has 0 saturated heterocycles. The molecule has 0 saturated carbocycles. The Kier molecular flexibility index (Phi) is 5.84. The van der Waals surface area contributed by atoms with E-state index < -0.39 is 4.92 Å². The first-order valence-electron chi connectivity index (χ1n) is 7.17. The fourth-order valence-corrected chi connectivity index (χ4v) is 3.14. The maximum atomic E-state index is 12.1. The predicted octanol–water partition coefficient (Wildman–Crippen LogP) is 2.62. The monoisotopic (exact) mass is 333 g/mol. The van der Waals surface area contributed by atoms with Gasteiger partial charge in [-0.15, -0.1) is 11.3 Å². The van der Waals surface area contributed by atoms with Gasteiger partial charge in [0.1, 0.15) is 0 Å². The van der Waals surface area contributed by atoms with Crippen molar-refractivity contribution in [1.29, 1.82) is 0 Å². The van der Waals surface area contributed by atoms with E-state index >= 15 is 0 Å². The third-order valence-corrected chi connectivity index (χ3v) is 4.47. The van der Waals surface area contributed by atoms with Crippen molar-refractivity contribution in [2.75, 3.05) is 20.6 Å². The third-order valence-electron chi connectivity index (χ3n) is 3.50. The molecule has 0 fully saturated rings. The van der Waals surface area contributed by atoms with Crippen molar-refractivity contribution < 1.29 is 9.72 Å². The summed E-state index contributed by atoms with van der Waals surface area (Å²) in [5.74, 6) is -0.0951. The van der Waals surface area contributed by atoms with Crippen LogP contribution in [0.2, 0.25) is 0 Å². The first-order valence-corrected chi connectivity index (χ1v) is 8.05. The smallest absolute Gasteiger partial charge is 0.269 e. The van der Waals surface area contributed by atoms with Gasteiger partial charge in [0.25, 0.3) is 5.69 Å². The lowest BCUT2D eigenvalue weighted by Gasteiger charge is -2.23. The largest absolute Gasteiger partial charge is 0.354 e. The molecule has 122 valence electrons. The summed E-state index contributed by atoms with van der Waals surface area (Å²) in [5, 5.41) is 15.6. The molecular formula is C16H19N3O3S. The Morgan fingerprint density at radius 2 is 2.00 bits per heavy atom. The lowest BCUT2D eigenvalue weighted by molar-refractivity contribution is -0.384. The molecule has 1 aromatic carbocycles. The van der Waals surface area contributed by atoms with Gasteiger partial charge in [0.15, 0.2) is 0 Å². The predicted molar refractivity (Wildman–Crippen MR) is 90.6 cm³/mol. The maximum absolute atomic E-state index is 12.1. The van der Waals surface area contributed by atoms with E-state index in [1.165, 1.54) is 17.0 Å². The number of likely N-dealkylation sites (N-methyl/N-ethyl adjacent to an activating group) is 1. The van der Waals surface area contributed by atoms with E-state index in [-0.39, 0.29) is 24.1 Å². The van der Waals surface area contributed by atoms with Crippen LogP contribution in [0.3, 0.4) is 0 Å². The van der Waals surface area contributed by atoms with Crippen LogP contribution < -0.4 is 5.32 Å². The number of benzene rings is 1. The van der Waals surface area contributed by atoms with Crippen LogP contribution in [0.25, 0.3) is 0 Å². The summed E-state index contributed by atoms with van der Waals surface area (Å²) in [6.45, 7) is 0.527.